The van der Waals surface area contributed by atoms with E-state index >= 15 is 0 Å². The van der Waals surface area contributed by atoms with Crippen molar-refractivity contribution in [2.75, 3.05) is 0 Å². The third-order valence-corrected chi connectivity index (χ3v) is 3.82. The van der Waals surface area contributed by atoms with Gasteiger partial charge in [0.15, 0.2) is 0 Å². The molecule has 2 aromatic rings. The molecule has 98 valence electrons. The van der Waals surface area contributed by atoms with Crippen molar-refractivity contribution >= 4 is 0 Å². The molecule has 0 spiro atoms. The molecule has 3 rings (SSSR count). The van der Waals surface area contributed by atoms with Crippen molar-refractivity contribution in [1.29, 1.82) is 0 Å². The van der Waals surface area contributed by atoms with Gasteiger partial charge in [-0.2, -0.15) is 0 Å². The first kappa shape index (κ1) is 12.2. The van der Waals surface area contributed by atoms with Crippen LogP contribution in [0.4, 0.5) is 0 Å². The minimum atomic E-state index is -0.337. The van der Waals surface area contributed by atoms with E-state index in [1.54, 1.807) is 0 Å². The maximum atomic E-state index is 9.93. The first-order valence-corrected chi connectivity index (χ1v) is 6.70. The van der Waals surface area contributed by atoms with Crippen LogP contribution in [0.1, 0.15) is 34.8 Å². The summed E-state index contributed by atoms with van der Waals surface area (Å²) in [7, 11) is 0. The number of aliphatic hydroxyl groups excluding tert-OH is 1. The van der Waals surface area contributed by atoms with Crippen molar-refractivity contribution in [1.82, 2.24) is 0 Å². The molecule has 0 saturated heterocycles. The van der Waals surface area contributed by atoms with Gasteiger partial charge >= 0.3 is 0 Å². The Kier molecular flexibility index (Phi) is 3.03. The number of para-hydroxylation sites is 1. The molecule has 0 aliphatic heterocycles. The van der Waals surface area contributed by atoms with E-state index in [9.17, 15) is 5.11 Å². The molecule has 0 unspecified atom stereocenters. The number of aryl methyl sites for hydroxylation is 2. The van der Waals surface area contributed by atoms with E-state index in [4.69, 9.17) is 4.74 Å². The molecule has 0 aromatic heterocycles. The summed E-state index contributed by atoms with van der Waals surface area (Å²) in [5.74, 6) is 1.81. The van der Waals surface area contributed by atoms with Crippen LogP contribution in [0.25, 0.3) is 0 Å². The van der Waals surface area contributed by atoms with Crippen LogP contribution in [0.2, 0.25) is 0 Å². The van der Waals surface area contributed by atoms with Gasteiger partial charge < -0.3 is 9.84 Å². The van der Waals surface area contributed by atoms with E-state index < -0.39 is 0 Å². The molecule has 2 aromatic carbocycles. The number of benzene rings is 2. The molecule has 0 radical (unpaired) electrons. The molecule has 2 nitrogen and oxygen atoms in total. The minimum Gasteiger partial charge on any atom is -0.457 e. The fraction of sp³-hybridized carbons (Fsp3) is 0.294. The Morgan fingerprint density at radius 3 is 2.47 bits per heavy atom. The van der Waals surface area contributed by atoms with Crippen LogP contribution >= 0.6 is 0 Å². The zero-order valence-corrected chi connectivity index (χ0v) is 11.3. The van der Waals surface area contributed by atoms with Gasteiger partial charge in [-0.05, 0) is 49.4 Å². The van der Waals surface area contributed by atoms with E-state index in [0.29, 0.717) is 0 Å². The first-order chi connectivity index (χ1) is 9.16. The van der Waals surface area contributed by atoms with E-state index in [-0.39, 0.29) is 6.10 Å². The van der Waals surface area contributed by atoms with Crippen LogP contribution < -0.4 is 4.74 Å². The molecular formula is C17H18O2. The SMILES string of the molecule is Cc1cccc(C)c1Oc1cccc2c1CC[C@H]2O. The van der Waals surface area contributed by atoms with Crippen LogP contribution in [0, 0.1) is 13.8 Å². The summed E-state index contributed by atoms with van der Waals surface area (Å²) in [5, 5.41) is 9.93. The zero-order valence-electron chi connectivity index (χ0n) is 11.3. The first-order valence-electron chi connectivity index (χ1n) is 6.70. The Hall–Kier alpha value is -1.80. The van der Waals surface area contributed by atoms with Gasteiger partial charge in [0.25, 0.3) is 0 Å². The second-order valence-electron chi connectivity index (χ2n) is 5.20. The van der Waals surface area contributed by atoms with Crippen molar-refractivity contribution < 1.29 is 9.84 Å². The van der Waals surface area contributed by atoms with Crippen LogP contribution in [-0.4, -0.2) is 5.11 Å². The lowest BCUT2D eigenvalue weighted by Crippen LogP contribution is -1.95. The van der Waals surface area contributed by atoms with Crippen molar-refractivity contribution in [3.63, 3.8) is 0 Å². The molecule has 1 N–H and O–H groups in total. The summed E-state index contributed by atoms with van der Waals surface area (Å²) in [6.45, 7) is 4.11. The predicted octanol–water partition coefficient (Wildman–Crippen LogP) is 4.08. The average molecular weight is 254 g/mol. The Morgan fingerprint density at radius 1 is 1.05 bits per heavy atom. The van der Waals surface area contributed by atoms with Gasteiger partial charge in [0, 0.05) is 5.56 Å². The molecule has 1 aliphatic rings. The molecule has 0 amide bonds. The number of ether oxygens (including phenoxy) is 1. The highest BCUT2D eigenvalue weighted by Gasteiger charge is 2.23. The highest BCUT2D eigenvalue weighted by Crippen LogP contribution is 2.39. The molecule has 1 atom stereocenters. The lowest BCUT2D eigenvalue weighted by molar-refractivity contribution is 0.180. The number of fused-ring (bicyclic) bond motifs is 1. The van der Waals surface area contributed by atoms with Gasteiger partial charge in [0.05, 0.1) is 6.10 Å². The summed E-state index contributed by atoms with van der Waals surface area (Å²) in [5.41, 5.74) is 4.44. The second kappa shape index (κ2) is 4.71. The van der Waals surface area contributed by atoms with Gasteiger partial charge in [-0.15, -0.1) is 0 Å². The van der Waals surface area contributed by atoms with E-state index in [1.807, 2.05) is 24.3 Å². The third kappa shape index (κ3) is 2.13. The topological polar surface area (TPSA) is 29.5 Å². The molecule has 2 heteroatoms. The number of aliphatic hydroxyl groups is 1. The Balaban J connectivity index is 2.01. The molecular weight excluding hydrogens is 236 g/mol. The van der Waals surface area contributed by atoms with Crippen molar-refractivity contribution in [3.05, 3.63) is 58.7 Å². The van der Waals surface area contributed by atoms with E-state index in [1.165, 1.54) is 0 Å². The number of hydrogen-bond donors (Lipinski definition) is 1. The monoisotopic (exact) mass is 254 g/mol. The fourth-order valence-corrected chi connectivity index (χ4v) is 2.76. The van der Waals surface area contributed by atoms with Crippen LogP contribution in [0.3, 0.4) is 0 Å². The summed E-state index contributed by atoms with van der Waals surface area (Å²) >= 11 is 0. The largest absolute Gasteiger partial charge is 0.457 e. The van der Waals surface area contributed by atoms with Crippen LogP contribution in [0.15, 0.2) is 36.4 Å². The summed E-state index contributed by atoms with van der Waals surface area (Å²) in [6.07, 6.45) is 1.34. The quantitative estimate of drug-likeness (QED) is 0.875. The third-order valence-electron chi connectivity index (χ3n) is 3.82. The minimum absolute atomic E-state index is 0.337. The lowest BCUT2D eigenvalue weighted by atomic mass is 10.1. The molecule has 0 bridgehead atoms. The highest BCUT2D eigenvalue weighted by molar-refractivity contribution is 5.49. The average Bonchev–Trinajstić information content (AvgIpc) is 2.77. The lowest BCUT2D eigenvalue weighted by Gasteiger charge is -2.14. The van der Waals surface area contributed by atoms with E-state index in [2.05, 4.69) is 26.0 Å². The molecule has 0 fully saturated rings. The van der Waals surface area contributed by atoms with Crippen molar-refractivity contribution in [2.24, 2.45) is 0 Å². The fourth-order valence-electron chi connectivity index (χ4n) is 2.76. The van der Waals surface area contributed by atoms with Crippen LogP contribution in [-0.2, 0) is 6.42 Å². The normalized spacial score (nSPS) is 17.3. The van der Waals surface area contributed by atoms with Gasteiger partial charge in [-0.25, -0.2) is 0 Å². The van der Waals surface area contributed by atoms with Crippen molar-refractivity contribution in [3.8, 4) is 11.5 Å². The molecule has 0 saturated carbocycles. The highest BCUT2D eigenvalue weighted by atomic mass is 16.5. The second-order valence-corrected chi connectivity index (χ2v) is 5.20. The van der Waals surface area contributed by atoms with E-state index in [0.717, 1.165) is 46.6 Å². The van der Waals surface area contributed by atoms with Gasteiger partial charge in [-0.3, -0.25) is 0 Å². The van der Waals surface area contributed by atoms with Crippen LogP contribution in [0.5, 0.6) is 11.5 Å². The predicted molar refractivity (Wildman–Crippen MR) is 75.7 cm³/mol. The summed E-state index contributed by atoms with van der Waals surface area (Å²) in [6, 6.07) is 12.1. The zero-order chi connectivity index (χ0) is 13.4. The smallest absolute Gasteiger partial charge is 0.133 e. The molecule has 0 heterocycles. The van der Waals surface area contributed by atoms with Gasteiger partial charge in [0.1, 0.15) is 11.5 Å². The maximum absolute atomic E-state index is 9.93. The molecule has 19 heavy (non-hydrogen) atoms. The maximum Gasteiger partial charge on any atom is 0.133 e. The Morgan fingerprint density at radius 2 is 1.74 bits per heavy atom. The summed E-state index contributed by atoms with van der Waals surface area (Å²) in [4.78, 5) is 0. The van der Waals surface area contributed by atoms with Gasteiger partial charge in [-0.1, -0.05) is 30.3 Å². The molecule has 1 aliphatic carbocycles. The number of rotatable bonds is 2. The number of hydrogen-bond acceptors (Lipinski definition) is 2. The summed E-state index contributed by atoms with van der Waals surface area (Å²) < 4.78 is 6.12. The Labute approximate surface area is 113 Å². The van der Waals surface area contributed by atoms with Gasteiger partial charge in [0.2, 0.25) is 0 Å². The van der Waals surface area contributed by atoms with Crippen molar-refractivity contribution in [2.45, 2.75) is 32.8 Å². The standard InChI is InChI=1S/C17H18O2/c1-11-5-3-6-12(2)17(11)19-16-8-4-7-13-14(16)9-10-15(13)18/h3-8,15,18H,9-10H2,1-2H3/t15-/m1/s1. The Bertz CT molecular complexity index is 596.